The normalized spacial score (nSPS) is 28.1. The van der Waals surface area contributed by atoms with Crippen LogP contribution < -0.4 is 4.90 Å². The van der Waals surface area contributed by atoms with E-state index in [9.17, 15) is 24.0 Å². The van der Waals surface area contributed by atoms with E-state index in [2.05, 4.69) is 0 Å². The van der Waals surface area contributed by atoms with Crippen LogP contribution in [-0.2, 0) is 38.1 Å². The predicted molar refractivity (Wildman–Crippen MR) is 101 cm³/mol. The quantitative estimate of drug-likeness (QED) is 0.288. The number of fused-ring (bicyclic) bond motifs is 5. The molecule has 0 aliphatic carbocycles. The van der Waals surface area contributed by atoms with E-state index >= 15 is 0 Å². The number of hydrogen-bond donors (Lipinski definition) is 0. The summed E-state index contributed by atoms with van der Waals surface area (Å²) in [5.41, 5.74) is -1.54. The molecule has 2 amide bonds. The minimum Gasteiger partial charge on any atom is -0.465 e. The highest BCUT2D eigenvalue weighted by Gasteiger charge is 2.72. The molecular formula is C21H19NO9. The van der Waals surface area contributed by atoms with E-state index in [4.69, 9.17) is 18.9 Å². The molecule has 0 N–H and O–H groups in total. The number of amides is 2. The maximum atomic E-state index is 13.5. The fraction of sp³-hybridized carbons (Fsp3) is 0.381. The number of rotatable bonds is 5. The highest BCUT2D eigenvalue weighted by atomic mass is 16.7. The molecule has 0 aromatic heterocycles. The van der Waals surface area contributed by atoms with Crippen LogP contribution in [0.3, 0.4) is 0 Å². The zero-order chi connectivity index (χ0) is 22.5. The van der Waals surface area contributed by atoms with E-state index < -0.39 is 59.6 Å². The Labute approximate surface area is 176 Å². The first-order valence-corrected chi connectivity index (χ1v) is 9.48. The Kier molecular flexibility index (Phi) is 4.89. The Morgan fingerprint density at radius 2 is 1.71 bits per heavy atom. The second kappa shape index (κ2) is 7.31. The minimum atomic E-state index is -1.66. The van der Waals surface area contributed by atoms with Gasteiger partial charge in [-0.15, -0.1) is 0 Å². The number of esters is 3. The molecule has 1 aromatic rings. The van der Waals surface area contributed by atoms with Crippen molar-refractivity contribution < 1.29 is 42.9 Å². The summed E-state index contributed by atoms with van der Waals surface area (Å²) in [7, 11) is 1.19. The number of nitrogens with zero attached hydrogens (tertiary/aromatic N) is 1. The van der Waals surface area contributed by atoms with Gasteiger partial charge < -0.3 is 18.9 Å². The molecule has 31 heavy (non-hydrogen) atoms. The number of anilines is 1. The standard InChI is InChI=1S/C21H19NO9/c1-10(23)29-20(30-11(2)24)21-9-8-14(31-21)15-16(21)18(26)22(17(15)25)13-7-5-4-6-12(13)19(27)28-3/h4-9,14-16,20H,1-3H3/t14-,15-,16+,21-/m0/s1. The van der Waals surface area contributed by atoms with Crippen LogP contribution in [0.2, 0.25) is 0 Å². The van der Waals surface area contributed by atoms with Crippen LogP contribution in [0.15, 0.2) is 36.4 Å². The van der Waals surface area contributed by atoms with Gasteiger partial charge in [0.15, 0.2) is 5.60 Å². The maximum absolute atomic E-state index is 13.5. The number of imide groups is 1. The monoisotopic (exact) mass is 429 g/mol. The molecule has 162 valence electrons. The summed E-state index contributed by atoms with van der Waals surface area (Å²) < 4.78 is 21.0. The van der Waals surface area contributed by atoms with Crippen LogP contribution >= 0.6 is 0 Å². The lowest BCUT2D eigenvalue weighted by molar-refractivity contribution is -0.226. The fourth-order valence-electron chi connectivity index (χ4n) is 4.41. The average molecular weight is 429 g/mol. The van der Waals surface area contributed by atoms with Crippen LogP contribution in [0.25, 0.3) is 0 Å². The smallest absolute Gasteiger partial charge is 0.339 e. The van der Waals surface area contributed by atoms with E-state index in [0.29, 0.717) is 0 Å². The number of carbonyl (C=O) groups excluding carboxylic acids is 5. The van der Waals surface area contributed by atoms with Crippen molar-refractivity contribution in [2.45, 2.75) is 31.8 Å². The Morgan fingerprint density at radius 1 is 1.06 bits per heavy atom. The van der Waals surface area contributed by atoms with Gasteiger partial charge in [-0.1, -0.05) is 18.2 Å². The molecule has 4 rings (SSSR count). The van der Waals surface area contributed by atoms with Crippen molar-refractivity contribution in [2.24, 2.45) is 11.8 Å². The topological polar surface area (TPSA) is 126 Å². The Hall–Kier alpha value is -3.53. The molecular weight excluding hydrogens is 410 g/mol. The van der Waals surface area contributed by atoms with Crippen LogP contribution in [0, 0.1) is 11.8 Å². The van der Waals surface area contributed by atoms with E-state index in [1.165, 1.54) is 25.3 Å². The van der Waals surface area contributed by atoms with Crippen molar-refractivity contribution in [1.82, 2.24) is 0 Å². The fourth-order valence-corrected chi connectivity index (χ4v) is 4.41. The molecule has 0 unspecified atom stereocenters. The van der Waals surface area contributed by atoms with Gasteiger partial charge >= 0.3 is 17.9 Å². The number of hydrogen-bond acceptors (Lipinski definition) is 9. The van der Waals surface area contributed by atoms with Gasteiger partial charge in [-0.25, -0.2) is 9.69 Å². The number of carbonyl (C=O) groups is 5. The minimum absolute atomic E-state index is 0.0402. The zero-order valence-corrected chi connectivity index (χ0v) is 16.9. The lowest BCUT2D eigenvalue weighted by Crippen LogP contribution is -2.52. The van der Waals surface area contributed by atoms with Crippen molar-refractivity contribution in [1.29, 1.82) is 0 Å². The Balaban J connectivity index is 1.77. The Bertz CT molecular complexity index is 1020. The second-order valence-corrected chi connectivity index (χ2v) is 7.37. The maximum Gasteiger partial charge on any atom is 0.339 e. The predicted octanol–water partition coefficient (Wildman–Crippen LogP) is 0.738. The molecule has 4 atom stereocenters. The summed E-state index contributed by atoms with van der Waals surface area (Å²) in [6.45, 7) is 2.24. The molecule has 3 aliphatic heterocycles. The highest BCUT2D eigenvalue weighted by molar-refractivity contribution is 6.25. The summed E-state index contributed by atoms with van der Waals surface area (Å²) >= 11 is 0. The Morgan fingerprint density at radius 3 is 2.32 bits per heavy atom. The van der Waals surface area contributed by atoms with Gasteiger partial charge in [0.1, 0.15) is 0 Å². The number of ether oxygens (including phenoxy) is 4. The molecule has 2 fully saturated rings. The van der Waals surface area contributed by atoms with Gasteiger partial charge in [-0.2, -0.15) is 0 Å². The van der Waals surface area contributed by atoms with Crippen molar-refractivity contribution in [3.8, 4) is 0 Å². The first kappa shape index (κ1) is 20.7. The molecule has 3 heterocycles. The first-order valence-electron chi connectivity index (χ1n) is 9.48. The lowest BCUT2D eigenvalue weighted by atomic mass is 9.76. The molecule has 3 aliphatic rings. The summed E-state index contributed by atoms with van der Waals surface area (Å²) in [6, 6.07) is 6.06. The first-order chi connectivity index (χ1) is 14.7. The van der Waals surface area contributed by atoms with Crippen LogP contribution in [0.5, 0.6) is 0 Å². The SMILES string of the molecule is COC(=O)c1ccccc1N1C(=O)[C@H]2[C@@H]3C=C[C@](C(OC(C)=O)OC(C)=O)(O3)[C@H]2C1=O. The van der Waals surface area contributed by atoms with Gasteiger partial charge in [0.2, 0.25) is 11.8 Å². The average Bonchev–Trinajstić information content (AvgIpc) is 3.37. The van der Waals surface area contributed by atoms with E-state index in [1.807, 2.05) is 0 Å². The van der Waals surface area contributed by atoms with E-state index in [0.717, 1.165) is 18.7 Å². The third-order valence-electron chi connectivity index (χ3n) is 5.54. The van der Waals surface area contributed by atoms with Crippen molar-refractivity contribution in [3.05, 3.63) is 42.0 Å². The van der Waals surface area contributed by atoms with Crippen LogP contribution in [-0.4, -0.2) is 54.8 Å². The van der Waals surface area contributed by atoms with Crippen molar-refractivity contribution in [2.75, 3.05) is 12.0 Å². The van der Waals surface area contributed by atoms with Gasteiger partial charge in [-0.3, -0.25) is 19.2 Å². The largest absolute Gasteiger partial charge is 0.465 e. The summed E-state index contributed by atoms with van der Waals surface area (Å²) in [5.74, 6) is -5.52. The van der Waals surface area contributed by atoms with Gasteiger partial charge in [0.25, 0.3) is 6.29 Å². The summed E-state index contributed by atoms with van der Waals surface area (Å²) in [5, 5.41) is 0. The van der Waals surface area contributed by atoms with Crippen molar-refractivity contribution in [3.63, 3.8) is 0 Å². The number of methoxy groups -OCH3 is 1. The number of para-hydroxylation sites is 1. The molecule has 1 aromatic carbocycles. The van der Waals surface area contributed by atoms with Crippen molar-refractivity contribution >= 4 is 35.4 Å². The third kappa shape index (κ3) is 3.02. The van der Waals surface area contributed by atoms with Gasteiger partial charge in [0.05, 0.1) is 36.3 Å². The molecule has 0 saturated carbocycles. The number of benzene rings is 1. The molecule has 0 radical (unpaired) electrons. The van der Waals surface area contributed by atoms with E-state index in [1.54, 1.807) is 18.2 Å². The van der Waals surface area contributed by atoms with Gasteiger partial charge in [-0.05, 0) is 18.2 Å². The summed E-state index contributed by atoms with van der Waals surface area (Å²) in [4.78, 5) is 63.1. The molecule has 10 nitrogen and oxygen atoms in total. The van der Waals surface area contributed by atoms with Crippen LogP contribution in [0.4, 0.5) is 5.69 Å². The van der Waals surface area contributed by atoms with Gasteiger partial charge in [0, 0.05) is 13.8 Å². The molecule has 2 saturated heterocycles. The molecule has 0 spiro atoms. The van der Waals surface area contributed by atoms with E-state index in [-0.39, 0.29) is 11.3 Å². The zero-order valence-electron chi connectivity index (χ0n) is 16.9. The second-order valence-electron chi connectivity index (χ2n) is 7.37. The summed E-state index contributed by atoms with van der Waals surface area (Å²) in [6.07, 6.45) is 0.704. The molecule has 10 heteroatoms. The highest BCUT2D eigenvalue weighted by Crippen LogP contribution is 2.55. The van der Waals surface area contributed by atoms with Crippen LogP contribution in [0.1, 0.15) is 24.2 Å². The molecule has 2 bridgehead atoms. The lowest BCUT2D eigenvalue weighted by Gasteiger charge is -2.34. The third-order valence-corrected chi connectivity index (χ3v) is 5.54.